The molecule has 0 radical (unpaired) electrons. The molecule has 2 amide bonds. The molecule has 2 aliphatic rings. The first-order valence-electron chi connectivity index (χ1n) is 8.63. The molecular formula is C18H21ClF2N2O2. The molecule has 1 saturated heterocycles. The van der Waals surface area contributed by atoms with Gasteiger partial charge in [-0.25, -0.2) is 8.78 Å². The van der Waals surface area contributed by atoms with E-state index in [2.05, 4.69) is 5.32 Å². The lowest BCUT2D eigenvalue weighted by Crippen LogP contribution is -2.33. The van der Waals surface area contributed by atoms with Gasteiger partial charge in [0.2, 0.25) is 11.8 Å². The van der Waals surface area contributed by atoms with Gasteiger partial charge < -0.3 is 10.2 Å². The molecule has 1 aliphatic carbocycles. The Labute approximate surface area is 150 Å². The number of carbonyl (C=O) groups is 2. The van der Waals surface area contributed by atoms with Crippen molar-refractivity contribution in [2.75, 3.05) is 18.4 Å². The summed E-state index contributed by atoms with van der Waals surface area (Å²) < 4.78 is 26.5. The number of alkyl halides is 2. The molecule has 1 aliphatic heterocycles. The van der Waals surface area contributed by atoms with Crippen LogP contribution in [0.25, 0.3) is 0 Å². The second-order valence-corrected chi connectivity index (χ2v) is 7.25. The first-order chi connectivity index (χ1) is 11.9. The van der Waals surface area contributed by atoms with Crippen molar-refractivity contribution in [3.8, 4) is 0 Å². The van der Waals surface area contributed by atoms with Crippen LogP contribution in [-0.4, -0.2) is 35.7 Å². The highest BCUT2D eigenvalue weighted by Crippen LogP contribution is 2.36. The fourth-order valence-corrected chi connectivity index (χ4v) is 3.60. The molecule has 1 aromatic rings. The normalized spacial score (nSPS) is 20.5. The quantitative estimate of drug-likeness (QED) is 0.860. The third-order valence-electron chi connectivity index (χ3n) is 4.95. The Morgan fingerprint density at radius 3 is 2.44 bits per heavy atom. The van der Waals surface area contributed by atoms with E-state index in [4.69, 9.17) is 11.6 Å². The number of benzene rings is 1. The number of hydrogen-bond acceptors (Lipinski definition) is 2. The number of hydrogen-bond donors (Lipinski definition) is 1. The Hall–Kier alpha value is -1.69. The minimum Gasteiger partial charge on any atom is -0.339 e. The van der Waals surface area contributed by atoms with Crippen LogP contribution in [-0.2, 0) is 4.79 Å². The monoisotopic (exact) mass is 370 g/mol. The van der Waals surface area contributed by atoms with Crippen molar-refractivity contribution in [2.24, 2.45) is 5.92 Å². The van der Waals surface area contributed by atoms with Crippen molar-refractivity contribution in [3.63, 3.8) is 0 Å². The van der Waals surface area contributed by atoms with Gasteiger partial charge in [0.1, 0.15) is 0 Å². The van der Waals surface area contributed by atoms with Crippen molar-refractivity contribution < 1.29 is 18.4 Å². The van der Waals surface area contributed by atoms with Gasteiger partial charge in [0.05, 0.1) is 11.3 Å². The zero-order valence-electron chi connectivity index (χ0n) is 13.9. The van der Waals surface area contributed by atoms with Gasteiger partial charge in [-0.15, -0.1) is 0 Å². The number of carbonyl (C=O) groups excluding carboxylic acids is 2. The molecule has 0 aromatic heterocycles. The number of anilines is 1. The predicted molar refractivity (Wildman–Crippen MR) is 92.1 cm³/mol. The summed E-state index contributed by atoms with van der Waals surface area (Å²) in [6.45, 7) is 1.38. The van der Waals surface area contributed by atoms with Crippen molar-refractivity contribution in [3.05, 3.63) is 28.8 Å². The molecular weight excluding hydrogens is 350 g/mol. The van der Waals surface area contributed by atoms with E-state index in [9.17, 15) is 18.4 Å². The summed E-state index contributed by atoms with van der Waals surface area (Å²) in [6, 6.07) is 4.75. The number of rotatable bonds is 3. The zero-order valence-corrected chi connectivity index (χ0v) is 14.6. The van der Waals surface area contributed by atoms with Crippen molar-refractivity contribution in [2.45, 2.75) is 44.4 Å². The van der Waals surface area contributed by atoms with E-state index in [1.54, 1.807) is 23.1 Å². The fourth-order valence-electron chi connectivity index (χ4n) is 3.43. The molecule has 1 saturated carbocycles. The van der Waals surface area contributed by atoms with Gasteiger partial charge in [0, 0.05) is 36.9 Å². The smallest absolute Gasteiger partial charge is 0.256 e. The van der Waals surface area contributed by atoms with Gasteiger partial charge in [0.15, 0.2) is 0 Å². The Bertz CT molecular complexity index is 665. The van der Waals surface area contributed by atoms with E-state index in [1.165, 1.54) is 0 Å². The van der Waals surface area contributed by atoms with E-state index in [0.29, 0.717) is 29.4 Å². The molecule has 0 spiro atoms. The van der Waals surface area contributed by atoms with Gasteiger partial charge in [0.25, 0.3) is 5.91 Å². The molecule has 0 bridgehead atoms. The predicted octanol–water partition coefficient (Wildman–Crippen LogP) is 4.34. The van der Waals surface area contributed by atoms with Gasteiger partial charge in [-0.05, 0) is 43.9 Å². The van der Waals surface area contributed by atoms with Crippen LogP contribution in [0.1, 0.15) is 48.9 Å². The number of nitrogens with one attached hydrogen (secondary N) is 1. The summed E-state index contributed by atoms with van der Waals surface area (Å²) in [4.78, 5) is 26.9. The second-order valence-electron chi connectivity index (χ2n) is 6.81. The van der Waals surface area contributed by atoms with E-state index in [-0.39, 0.29) is 37.5 Å². The minimum atomic E-state index is -2.67. The lowest BCUT2D eigenvalue weighted by atomic mass is 9.86. The SMILES string of the molecule is O=C(Nc1ccc(Cl)cc1C(=O)N1CCCC1)C1CCC(F)(F)CC1. The summed E-state index contributed by atoms with van der Waals surface area (Å²) in [7, 11) is 0. The largest absolute Gasteiger partial charge is 0.339 e. The molecule has 1 N–H and O–H groups in total. The Balaban J connectivity index is 1.73. The molecule has 25 heavy (non-hydrogen) atoms. The highest BCUT2D eigenvalue weighted by atomic mass is 35.5. The van der Waals surface area contributed by atoms with Crippen LogP contribution in [0.5, 0.6) is 0 Å². The molecule has 0 atom stereocenters. The maximum Gasteiger partial charge on any atom is 0.256 e. The third kappa shape index (κ3) is 4.29. The lowest BCUT2D eigenvalue weighted by molar-refractivity contribution is -0.124. The lowest BCUT2D eigenvalue weighted by Gasteiger charge is -2.27. The van der Waals surface area contributed by atoms with Gasteiger partial charge in [-0.1, -0.05) is 11.6 Å². The minimum absolute atomic E-state index is 0.155. The summed E-state index contributed by atoms with van der Waals surface area (Å²) in [5.41, 5.74) is 0.743. The van der Waals surface area contributed by atoms with Crippen LogP contribution in [0.3, 0.4) is 0 Å². The van der Waals surface area contributed by atoms with E-state index < -0.39 is 11.8 Å². The average Bonchev–Trinajstić information content (AvgIpc) is 3.10. The molecule has 0 unspecified atom stereocenters. The first kappa shape index (κ1) is 18.1. The third-order valence-corrected chi connectivity index (χ3v) is 5.19. The summed E-state index contributed by atoms with van der Waals surface area (Å²) >= 11 is 6.02. The molecule has 4 nitrogen and oxygen atoms in total. The van der Waals surface area contributed by atoms with Crippen LogP contribution < -0.4 is 5.32 Å². The molecule has 1 aromatic carbocycles. The molecule has 136 valence electrons. The average molecular weight is 371 g/mol. The zero-order chi connectivity index (χ0) is 18.0. The Morgan fingerprint density at radius 2 is 1.80 bits per heavy atom. The van der Waals surface area contributed by atoms with Gasteiger partial charge in [-0.2, -0.15) is 0 Å². The molecule has 1 heterocycles. The maximum atomic E-state index is 13.3. The van der Waals surface area contributed by atoms with Crippen LogP contribution in [0, 0.1) is 5.92 Å². The van der Waals surface area contributed by atoms with E-state index in [1.807, 2.05) is 0 Å². The number of amides is 2. The Morgan fingerprint density at radius 1 is 1.16 bits per heavy atom. The van der Waals surface area contributed by atoms with Gasteiger partial charge in [-0.3, -0.25) is 9.59 Å². The number of halogens is 3. The van der Waals surface area contributed by atoms with Crippen molar-refractivity contribution >= 4 is 29.1 Å². The molecule has 7 heteroatoms. The van der Waals surface area contributed by atoms with Gasteiger partial charge >= 0.3 is 0 Å². The summed E-state index contributed by atoms with van der Waals surface area (Å²) in [5, 5.41) is 3.16. The number of likely N-dealkylation sites (tertiary alicyclic amines) is 1. The highest BCUT2D eigenvalue weighted by Gasteiger charge is 2.37. The van der Waals surface area contributed by atoms with E-state index >= 15 is 0 Å². The van der Waals surface area contributed by atoms with Crippen molar-refractivity contribution in [1.82, 2.24) is 4.90 Å². The van der Waals surface area contributed by atoms with Crippen LogP contribution in [0.15, 0.2) is 18.2 Å². The fraction of sp³-hybridized carbons (Fsp3) is 0.556. The van der Waals surface area contributed by atoms with Crippen molar-refractivity contribution in [1.29, 1.82) is 0 Å². The molecule has 3 rings (SSSR count). The topological polar surface area (TPSA) is 49.4 Å². The Kier molecular flexibility index (Phi) is 5.27. The van der Waals surface area contributed by atoms with E-state index in [0.717, 1.165) is 12.8 Å². The summed E-state index contributed by atoms with van der Waals surface area (Å²) in [5.74, 6) is -3.60. The van der Waals surface area contributed by atoms with Crippen LogP contribution >= 0.6 is 11.6 Å². The van der Waals surface area contributed by atoms with Crippen LogP contribution in [0.2, 0.25) is 5.02 Å². The maximum absolute atomic E-state index is 13.3. The van der Waals surface area contributed by atoms with Crippen LogP contribution in [0.4, 0.5) is 14.5 Å². The standard InChI is InChI=1S/C18H21ClF2N2O2/c19-13-3-4-15(14(11-13)17(25)23-9-1-2-10-23)22-16(24)12-5-7-18(20,21)8-6-12/h3-4,11-12H,1-2,5-10H2,(H,22,24). The summed E-state index contributed by atoms with van der Waals surface area (Å²) in [6.07, 6.45) is 1.69. The second kappa shape index (κ2) is 7.28. The first-order valence-corrected chi connectivity index (χ1v) is 9.01. The highest BCUT2D eigenvalue weighted by molar-refractivity contribution is 6.31. The molecule has 2 fully saturated rings. The number of nitrogens with zero attached hydrogens (tertiary/aromatic N) is 1.